The molecule has 25 heavy (non-hydrogen) atoms. The molecule has 0 aliphatic rings. The summed E-state index contributed by atoms with van der Waals surface area (Å²) in [5.74, 6) is 0.736. The van der Waals surface area contributed by atoms with Crippen LogP contribution in [0.3, 0.4) is 0 Å². The van der Waals surface area contributed by atoms with Crippen LogP contribution in [-0.2, 0) is 0 Å². The van der Waals surface area contributed by atoms with Crippen LogP contribution in [0.2, 0.25) is 0 Å². The van der Waals surface area contributed by atoms with Crippen molar-refractivity contribution in [3.8, 4) is 22.7 Å². The molecule has 1 N–H and O–H groups in total. The molecule has 1 aromatic carbocycles. The predicted molar refractivity (Wildman–Crippen MR) is 94.0 cm³/mol. The number of H-pyrrole nitrogens is 1. The number of nitrogens with one attached hydrogen (secondary N) is 1. The van der Waals surface area contributed by atoms with Crippen molar-refractivity contribution in [1.82, 2.24) is 24.5 Å². The highest BCUT2D eigenvalue weighted by Gasteiger charge is 2.14. The molecule has 0 aliphatic heterocycles. The molecule has 3 heterocycles. The highest BCUT2D eigenvalue weighted by atomic mass is 16.5. The van der Waals surface area contributed by atoms with Gasteiger partial charge in [0.15, 0.2) is 11.3 Å². The van der Waals surface area contributed by atoms with Crippen LogP contribution in [0.15, 0.2) is 53.7 Å². The Bertz CT molecular complexity index is 1120. The fourth-order valence-corrected chi connectivity index (χ4v) is 2.77. The first-order chi connectivity index (χ1) is 12.2. The normalized spacial score (nSPS) is 11.0. The van der Waals surface area contributed by atoms with Gasteiger partial charge in [-0.05, 0) is 42.8 Å². The third kappa shape index (κ3) is 2.55. The van der Waals surface area contributed by atoms with Gasteiger partial charge in [0.2, 0.25) is 0 Å². The average molecular weight is 333 g/mol. The molecular formula is C18H15N5O2. The minimum atomic E-state index is -0.282. The Kier molecular flexibility index (Phi) is 3.53. The van der Waals surface area contributed by atoms with Gasteiger partial charge in [0.1, 0.15) is 5.75 Å². The zero-order valence-electron chi connectivity index (χ0n) is 13.7. The highest BCUT2D eigenvalue weighted by Crippen LogP contribution is 2.22. The van der Waals surface area contributed by atoms with E-state index in [1.807, 2.05) is 37.3 Å². The van der Waals surface area contributed by atoms with E-state index in [9.17, 15) is 4.79 Å². The first kappa shape index (κ1) is 15.1. The summed E-state index contributed by atoms with van der Waals surface area (Å²) in [4.78, 5) is 28.2. The summed E-state index contributed by atoms with van der Waals surface area (Å²) in [6.07, 6.45) is 5.03. The number of rotatable bonds is 3. The number of imidazole rings is 1. The number of hydrogen-bond acceptors (Lipinski definition) is 5. The molecule has 7 nitrogen and oxygen atoms in total. The lowest BCUT2D eigenvalue weighted by atomic mass is 10.2. The van der Waals surface area contributed by atoms with Gasteiger partial charge in [0.05, 0.1) is 24.7 Å². The minimum absolute atomic E-state index is 0.282. The second-order valence-corrected chi connectivity index (χ2v) is 5.58. The van der Waals surface area contributed by atoms with E-state index in [4.69, 9.17) is 4.74 Å². The van der Waals surface area contributed by atoms with Gasteiger partial charge >= 0.3 is 5.69 Å². The summed E-state index contributed by atoms with van der Waals surface area (Å²) in [6, 6.07) is 9.21. The van der Waals surface area contributed by atoms with Crippen LogP contribution in [0.25, 0.3) is 28.2 Å². The zero-order chi connectivity index (χ0) is 17.4. The van der Waals surface area contributed by atoms with E-state index in [-0.39, 0.29) is 5.69 Å². The molecule has 0 amide bonds. The molecule has 124 valence electrons. The Balaban J connectivity index is 1.89. The molecule has 0 bridgehead atoms. The number of fused-ring (bicyclic) bond motifs is 1. The third-order valence-corrected chi connectivity index (χ3v) is 4.01. The molecule has 0 aliphatic carbocycles. The summed E-state index contributed by atoms with van der Waals surface area (Å²) < 4.78 is 6.74. The molecule has 0 spiro atoms. The molecule has 3 aromatic heterocycles. The number of hydrogen-bond donors (Lipinski definition) is 1. The van der Waals surface area contributed by atoms with E-state index in [1.54, 1.807) is 25.7 Å². The maximum Gasteiger partial charge on any atom is 0.333 e. The lowest BCUT2D eigenvalue weighted by molar-refractivity contribution is 0.414. The van der Waals surface area contributed by atoms with E-state index in [0.717, 1.165) is 22.6 Å². The van der Waals surface area contributed by atoms with E-state index >= 15 is 0 Å². The number of aryl methyl sites for hydroxylation is 1. The molecule has 7 heteroatoms. The Morgan fingerprint density at radius 2 is 1.96 bits per heavy atom. The minimum Gasteiger partial charge on any atom is -0.497 e. The van der Waals surface area contributed by atoms with Crippen molar-refractivity contribution in [2.24, 2.45) is 0 Å². The van der Waals surface area contributed by atoms with E-state index < -0.39 is 0 Å². The summed E-state index contributed by atoms with van der Waals surface area (Å²) >= 11 is 0. The molecule has 0 fully saturated rings. The van der Waals surface area contributed by atoms with Gasteiger partial charge in [-0.15, -0.1) is 0 Å². The van der Waals surface area contributed by atoms with Crippen LogP contribution < -0.4 is 10.4 Å². The van der Waals surface area contributed by atoms with Crippen molar-refractivity contribution in [2.75, 3.05) is 7.11 Å². The van der Waals surface area contributed by atoms with Gasteiger partial charge in [0, 0.05) is 18.0 Å². The Morgan fingerprint density at radius 1 is 1.16 bits per heavy atom. The fraction of sp³-hybridized carbons (Fsp3) is 0.111. The smallest absolute Gasteiger partial charge is 0.333 e. The molecule has 0 saturated heterocycles. The van der Waals surface area contributed by atoms with Crippen molar-refractivity contribution in [2.45, 2.75) is 6.92 Å². The van der Waals surface area contributed by atoms with Gasteiger partial charge in [-0.1, -0.05) is 0 Å². The van der Waals surface area contributed by atoms with Gasteiger partial charge < -0.3 is 4.74 Å². The van der Waals surface area contributed by atoms with Crippen molar-refractivity contribution in [3.63, 3.8) is 0 Å². The first-order valence-corrected chi connectivity index (χ1v) is 7.70. The van der Waals surface area contributed by atoms with Crippen molar-refractivity contribution >= 4 is 11.3 Å². The molecule has 0 unspecified atom stereocenters. The maximum absolute atomic E-state index is 12.5. The Hall–Kier alpha value is -3.48. The largest absolute Gasteiger partial charge is 0.497 e. The number of benzene rings is 1. The molecule has 4 rings (SSSR count). The summed E-state index contributed by atoms with van der Waals surface area (Å²) in [6.45, 7) is 1.92. The molecule has 4 aromatic rings. The van der Waals surface area contributed by atoms with Crippen LogP contribution in [0.4, 0.5) is 0 Å². The van der Waals surface area contributed by atoms with Gasteiger partial charge in [0.25, 0.3) is 0 Å². The van der Waals surface area contributed by atoms with E-state index in [0.29, 0.717) is 17.0 Å². The molecular weight excluding hydrogens is 318 g/mol. The standard InChI is InChI=1S/C18H15N5O2/c1-11-9-13(25-2)3-4-15(11)23-17-16(22-18(23)24)21-14(10-20-17)12-5-7-19-8-6-12/h3-10H,1-2H3,(H,21,22,24). The van der Waals surface area contributed by atoms with Gasteiger partial charge in [-0.25, -0.2) is 19.3 Å². The topological polar surface area (TPSA) is 85.7 Å². The van der Waals surface area contributed by atoms with Crippen LogP contribution in [0.1, 0.15) is 5.56 Å². The SMILES string of the molecule is COc1ccc(-n2c(=O)[nH]c3nc(-c4ccncc4)cnc32)c(C)c1. The predicted octanol–water partition coefficient (Wildman–Crippen LogP) is 2.49. The summed E-state index contributed by atoms with van der Waals surface area (Å²) in [7, 11) is 1.61. The Morgan fingerprint density at radius 3 is 2.68 bits per heavy atom. The average Bonchev–Trinajstić information content (AvgIpc) is 2.97. The third-order valence-electron chi connectivity index (χ3n) is 4.01. The first-order valence-electron chi connectivity index (χ1n) is 7.70. The second kappa shape index (κ2) is 5.86. The molecule has 0 radical (unpaired) electrons. The zero-order valence-corrected chi connectivity index (χ0v) is 13.7. The van der Waals surface area contributed by atoms with Gasteiger partial charge in [-0.2, -0.15) is 0 Å². The number of aromatic nitrogens is 5. The summed E-state index contributed by atoms with van der Waals surface area (Å²) in [5.41, 5.74) is 3.85. The molecule has 0 atom stereocenters. The number of pyridine rings is 1. The molecule has 0 saturated carbocycles. The van der Waals surface area contributed by atoms with Crippen LogP contribution >= 0.6 is 0 Å². The van der Waals surface area contributed by atoms with Gasteiger partial charge in [-0.3, -0.25) is 9.97 Å². The number of methoxy groups -OCH3 is 1. The van der Waals surface area contributed by atoms with Crippen molar-refractivity contribution < 1.29 is 4.74 Å². The van der Waals surface area contributed by atoms with E-state index in [1.165, 1.54) is 4.57 Å². The lowest BCUT2D eigenvalue weighted by Gasteiger charge is -2.08. The number of nitrogens with zero attached hydrogens (tertiary/aromatic N) is 4. The number of aromatic amines is 1. The van der Waals surface area contributed by atoms with Crippen LogP contribution in [-0.4, -0.2) is 31.6 Å². The quantitative estimate of drug-likeness (QED) is 0.622. The second-order valence-electron chi connectivity index (χ2n) is 5.58. The number of ether oxygens (including phenoxy) is 1. The lowest BCUT2D eigenvalue weighted by Crippen LogP contribution is -2.16. The van der Waals surface area contributed by atoms with E-state index in [2.05, 4.69) is 19.9 Å². The fourth-order valence-electron chi connectivity index (χ4n) is 2.77. The van der Waals surface area contributed by atoms with Crippen LogP contribution in [0, 0.1) is 6.92 Å². The summed E-state index contributed by atoms with van der Waals surface area (Å²) in [5, 5.41) is 0. The highest BCUT2D eigenvalue weighted by molar-refractivity contribution is 5.73. The monoisotopic (exact) mass is 333 g/mol. The maximum atomic E-state index is 12.5. The van der Waals surface area contributed by atoms with Crippen LogP contribution in [0.5, 0.6) is 5.75 Å². The van der Waals surface area contributed by atoms with Crippen molar-refractivity contribution in [3.05, 3.63) is 65.0 Å². The Labute approximate surface area is 143 Å². The van der Waals surface area contributed by atoms with Crippen molar-refractivity contribution in [1.29, 1.82) is 0 Å².